The van der Waals surface area contributed by atoms with Gasteiger partial charge in [0.15, 0.2) is 5.96 Å². The molecule has 5 heteroatoms. The van der Waals surface area contributed by atoms with Crippen LogP contribution in [0.15, 0.2) is 59.6 Å². The minimum Gasteiger partial charge on any atom is -0.375 e. The molecule has 0 saturated carbocycles. The number of hydrogen-bond donors (Lipinski definition) is 2. The number of hydrogen-bond acceptors (Lipinski definition) is 2. The zero-order chi connectivity index (χ0) is 15.1. The normalized spacial score (nSPS) is 12.4. The van der Waals surface area contributed by atoms with E-state index in [0.29, 0.717) is 12.5 Å². The van der Waals surface area contributed by atoms with Crippen molar-refractivity contribution >= 4 is 35.6 Å². The summed E-state index contributed by atoms with van der Waals surface area (Å²) >= 11 is 0. The van der Waals surface area contributed by atoms with Gasteiger partial charge < -0.3 is 15.8 Å². The lowest BCUT2D eigenvalue weighted by atomic mass is 10.1. The Kier molecular flexibility index (Phi) is 7.90. The standard InChI is InChI=1S/C17H21N3O.HI/c1-13-8-10-15(11-9-13)20-17(18)19-12-16(21-2)14-6-4-3-5-7-14;/h3-11,16H,12H2,1-2H3,(H3,18,19,20);1H. The number of nitrogens with two attached hydrogens (primary N) is 1. The van der Waals surface area contributed by atoms with Gasteiger partial charge >= 0.3 is 0 Å². The maximum Gasteiger partial charge on any atom is 0.193 e. The number of nitrogens with zero attached hydrogens (tertiary/aromatic N) is 1. The zero-order valence-electron chi connectivity index (χ0n) is 12.8. The van der Waals surface area contributed by atoms with Gasteiger partial charge in [0.2, 0.25) is 0 Å². The van der Waals surface area contributed by atoms with Crippen LogP contribution in [0.2, 0.25) is 0 Å². The Morgan fingerprint density at radius 1 is 1.14 bits per heavy atom. The summed E-state index contributed by atoms with van der Waals surface area (Å²) in [6.45, 7) is 2.52. The smallest absolute Gasteiger partial charge is 0.193 e. The molecule has 22 heavy (non-hydrogen) atoms. The summed E-state index contributed by atoms with van der Waals surface area (Å²) in [4.78, 5) is 4.35. The largest absolute Gasteiger partial charge is 0.375 e. The molecule has 4 nitrogen and oxygen atoms in total. The van der Waals surface area contributed by atoms with Gasteiger partial charge in [0, 0.05) is 12.8 Å². The van der Waals surface area contributed by atoms with E-state index in [2.05, 4.69) is 10.3 Å². The molecule has 0 aliphatic heterocycles. The maximum atomic E-state index is 5.91. The van der Waals surface area contributed by atoms with Crippen LogP contribution in [0.4, 0.5) is 5.69 Å². The maximum absolute atomic E-state index is 5.91. The number of halogens is 1. The van der Waals surface area contributed by atoms with Crippen LogP contribution in [0.1, 0.15) is 17.2 Å². The van der Waals surface area contributed by atoms with Crippen molar-refractivity contribution in [1.29, 1.82) is 0 Å². The Morgan fingerprint density at radius 3 is 2.36 bits per heavy atom. The second-order valence-electron chi connectivity index (χ2n) is 4.85. The van der Waals surface area contributed by atoms with Crippen molar-refractivity contribution in [2.75, 3.05) is 19.0 Å². The summed E-state index contributed by atoms with van der Waals surface area (Å²) < 4.78 is 5.46. The van der Waals surface area contributed by atoms with Gasteiger partial charge in [0.1, 0.15) is 6.10 Å². The monoisotopic (exact) mass is 411 g/mol. The Morgan fingerprint density at radius 2 is 1.77 bits per heavy atom. The number of aliphatic imine (C=N–C) groups is 1. The van der Waals surface area contributed by atoms with E-state index in [1.54, 1.807) is 7.11 Å². The summed E-state index contributed by atoms with van der Waals surface area (Å²) in [5.74, 6) is 0.386. The highest BCUT2D eigenvalue weighted by atomic mass is 127. The number of anilines is 1. The first-order valence-corrected chi connectivity index (χ1v) is 6.90. The van der Waals surface area contributed by atoms with E-state index >= 15 is 0 Å². The Labute approximate surface area is 148 Å². The number of methoxy groups -OCH3 is 1. The summed E-state index contributed by atoms with van der Waals surface area (Å²) in [5, 5.41) is 3.07. The number of guanidine groups is 1. The third-order valence-electron chi connectivity index (χ3n) is 3.21. The average molecular weight is 411 g/mol. The van der Waals surface area contributed by atoms with Crippen LogP contribution in [0.25, 0.3) is 0 Å². The van der Waals surface area contributed by atoms with E-state index in [4.69, 9.17) is 10.5 Å². The molecule has 0 aliphatic carbocycles. The summed E-state index contributed by atoms with van der Waals surface area (Å²) in [5.41, 5.74) is 9.13. The lowest BCUT2D eigenvalue weighted by molar-refractivity contribution is 0.111. The molecule has 2 aromatic rings. The number of ether oxygens (including phenoxy) is 1. The van der Waals surface area contributed by atoms with Gasteiger partial charge in [-0.3, -0.25) is 4.99 Å². The van der Waals surface area contributed by atoms with Gasteiger partial charge in [-0.05, 0) is 24.6 Å². The van der Waals surface area contributed by atoms with E-state index in [0.717, 1.165) is 11.3 Å². The zero-order valence-corrected chi connectivity index (χ0v) is 15.2. The fourth-order valence-corrected chi connectivity index (χ4v) is 1.99. The average Bonchev–Trinajstić information content (AvgIpc) is 2.51. The molecule has 0 aromatic heterocycles. The topological polar surface area (TPSA) is 59.6 Å². The quantitative estimate of drug-likeness (QED) is 0.448. The van der Waals surface area contributed by atoms with E-state index in [-0.39, 0.29) is 30.1 Å². The van der Waals surface area contributed by atoms with E-state index in [9.17, 15) is 0 Å². The SMILES string of the molecule is COC(CN=C(N)Nc1ccc(C)cc1)c1ccccc1.I. The molecular weight excluding hydrogens is 389 g/mol. The molecule has 1 unspecified atom stereocenters. The molecule has 0 saturated heterocycles. The van der Waals surface area contributed by atoms with Crippen LogP contribution in [0.3, 0.4) is 0 Å². The fourth-order valence-electron chi connectivity index (χ4n) is 1.99. The molecule has 0 bridgehead atoms. The molecule has 2 aromatic carbocycles. The molecule has 0 heterocycles. The number of rotatable bonds is 5. The summed E-state index contributed by atoms with van der Waals surface area (Å²) in [7, 11) is 1.68. The first-order chi connectivity index (χ1) is 10.2. The predicted octanol–water partition coefficient (Wildman–Crippen LogP) is 3.73. The van der Waals surface area contributed by atoms with Gasteiger partial charge in [-0.1, -0.05) is 48.0 Å². The highest BCUT2D eigenvalue weighted by molar-refractivity contribution is 14.0. The van der Waals surface area contributed by atoms with Gasteiger partial charge in [-0.25, -0.2) is 0 Å². The minimum absolute atomic E-state index is 0. The molecule has 3 N–H and O–H groups in total. The molecule has 1 atom stereocenters. The molecule has 0 amide bonds. The van der Waals surface area contributed by atoms with Crippen LogP contribution in [-0.4, -0.2) is 19.6 Å². The van der Waals surface area contributed by atoms with E-state index in [1.165, 1.54) is 5.56 Å². The second kappa shape index (κ2) is 9.42. The van der Waals surface area contributed by atoms with Crippen molar-refractivity contribution in [3.05, 3.63) is 65.7 Å². The number of benzene rings is 2. The molecule has 0 spiro atoms. The van der Waals surface area contributed by atoms with Crippen molar-refractivity contribution < 1.29 is 4.74 Å². The summed E-state index contributed by atoms with van der Waals surface area (Å²) in [6.07, 6.45) is -0.0930. The number of aryl methyl sites for hydroxylation is 1. The molecule has 0 radical (unpaired) electrons. The summed E-state index contributed by atoms with van der Waals surface area (Å²) in [6, 6.07) is 18.0. The first kappa shape index (κ1) is 18.4. The van der Waals surface area contributed by atoms with Gasteiger partial charge in [-0.15, -0.1) is 24.0 Å². The third-order valence-corrected chi connectivity index (χ3v) is 3.21. The Hall–Kier alpha value is -1.60. The van der Waals surface area contributed by atoms with Crippen molar-refractivity contribution in [3.8, 4) is 0 Å². The van der Waals surface area contributed by atoms with Gasteiger partial charge in [0.25, 0.3) is 0 Å². The number of nitrogens with one attached hydrogen (secondary N) is 1. The fraction of sp³-hybridized carbons (Fsp3) is 0.235. The van der Waals surface area contributed by atoms with Crippen molar-refractivity contribution in [1.82, 2.24) is 0 Å². The van der Waals surface area contributed by atoms with Crippen LogP contribution < -0.4 is 11.1 Å². The Bertz CT molecular complexity index is 585. The molecule has 0 fully saturated rings. The third kappa shape index (κ3) is 5.65. The molecule has 2 rings (SSSR count). The van der Waals surface area contributed by atoms with E-state index < -0.39 is 0 Å². The van der Waals surface area contributed by atoms with Gasteiger partial charge in [0.05, 0.1) is 6.54 Å². The predicted molar refractivity (Wildman–Crippen MR) is 103 cm³/mol. The van der Waals surface area contributed by atoms with Crippen LogP contribution >= 0.6 is 24.0 Å². The lowest BCUT2D eigenvalue weighted by Crippen LogP contribution is -2.23. The van der Waals surface area contributed by atoms with E-state index in [1.807, 2.05) is 61.5 Å². The van der Waals surface area contributed by atoms with Crippen LogP contribution in [0.5, 0.6) is 0 Å². The van der Waals surface area contributed by atoms with Crippen LogP contribution in [-0.2, 0) is 4.74 Å². The lowest BCUT2D eigenvalue weighted by Gasteiger charge is -2.14. The van der Waals surface area contributed by atoms with Gasteiger partial charge in [-0.2, -0.15) is 0 Å². The minimum atomic E-state index is -0.0930. The Balaban J connectivity index is 0.00000242. The molecular formula is C17H22IN3O. The van der Waals surface area contributed by atoms with Crippen molar-refractivity contribution in [2.45, 2.75) is 13.0 Å². The molecule has 0 aliphatic rings. The molecule has 118 valence electrons. The highest BCUT2D eigenvalue weighted by Crippen LogP contribution is 2.16. The first-order valence-electron chi connectivity index (χ1n) is 6.90. The second-order valence-corrected chi connectivity index (χ2v) is 4.85. The van der Waals surface area contributed by atoms with Crippen molar-refractivity contribution in [2.24, 2.45) is 10.7 Å². The van der Waals surface area contributed by atoms with Crippen LogP contribution in [0, 0.1) is 6.92 Å². The van der Waals surface area contributed by atoms with Crippen molar-refractivity contribution in [3.63, 3.8) is 0 Å². The highest BCUT2D eigenvalue weighted by Gasteiger charge is 2.09.